The van der Waals surface area contributed by atoms with E-state index in [1.54, 1.807) is 25.1 Å². The van der Waals surface area contributed by atoms with E-state index in [1.807, 2.05) is 0 Å². The predicted molar refractivity (Wildman–Crippen MR) is 79.3 cm³/mol. The third-order valence-corrected chi connectivity index (χ3v) is 2.85. The SMILES string of the molecule is COc1cnc(ON2C=CC(N(C)C)=NC2C(=O)O)nc1OC. The number of carboxylic acids is 1. The second kappa shape index (κ2) is 6.81. The standard InChI is InChI=1S/C13H17N5O5/c1-17(2)9-5-6-18(10(15-9)12(19)20)23-13-14-7-8(21-3)11(16-13)22-4/h5-7,10H,1-4H3,(H,19,20). The number of aliphatic carboxylic acids is 1. The average molecular weight is 323 g/mol. The second-order valence-electron chi connectivity index (χ2n) is 4.59. The molecule has 0 fully saturated rings. The molecule has 1 unspecified atom stereocenters. The number of carbonyl (C=O) groups is 1. The van der Waals surface area contributed by atoms with Gasteiger partial charge in [0.1, 0.15) is 5.84 Å². The van der Waals surface area contributed by atoms with Crippen molar-refractivity contribution in [2.75, 3.05) is 28.3 Å². The maximum atomic E-state index is 11.4. The van der Waals surface area contributed by atoms with Gasteiger partial charge in [0.2, 0.25) is 0 Å². The molecule has 1 N–H and O–H groups in total. The van der Waals surface area contributed by atoms with Crippen molar-refractivity contribution in [3.05, 3.63) is 18.5 Å². The largest absolute Gasteiger partial charge is 0.490 e. The highest BCUT2D eigenvalue weighted by atomic mass is 16.7. The topological polar surface area (TPSA) is 110 Å². The molecular formula is C13H17N5O5. The van der Waals surface area contributed by atoms with Gasteiger partial charge in [-0.3, -0.25) is 0 Å². The lowest BCUT2D eigenvalue weighted by Crippen LogP contribution is -2.43. The molecule has 0 saturated carbocycles. The number of hydrogen-bond acceptors (Lipinski definition) is 9. The van der Waals surface area contributed by atoms with Crippen molar-refractivity contribution < 1.29 is 24.2 Å². The van der Waals surface area contributed by atoms with Crippen molar-refractivity contribution in [2.45, 2.75) is 6.17 Å². The second-order valence-corrected chi connectivity index (χ2v) is 4.59. The molecule has 124 valence electrons. The number of rotatable bonds is 5. The molecule has 0 spiro atoms. The summed E-state index contributed by atoms with van der Waals surface area (Å²) in [6, 6.07) is -0.0953. The molecule has 0 bridgehead atoms. The average Bonchev–Trinajstić information content (AvgIpc) is 2.54. The molecule has 0 aliphatic carbocycles. The first-order valence-corrected chi connectivity index (χ1v) is 6.53. The lowest BCUT2D eigenvalue weighted by molar-refractivity contribution is -0.153. The Kier molecular flexibility index (Phi) is 4.84. The van der Waals surface area contributed by atoms with Crippen LogP contribution in [0.4, 0.5) is 0 Å². The first-order valence-electron chi connectivity index (χ1n) is 6.53. The van der Waals surface area contributed by atoms with Gasteiger partial charge in [-0.1, -0.05) is 0 Å². The van der Waals surface area contributed by atoms with E-state index in [0.29, 0.717) is 11.6 Å². The summed E-state index contributed by atoms with van der Waals surface area (Å²) in [4.78, 5) is 30.5. The number of hydroxylamine groups is 2. The molecule has 10 heteroatoms. The van der Waals surface area contributed by atoms with Crippen molar-refractivity contribution >= 4 is 11.8 Å². The van der Waals surface area contributed by atoms with Crippen LogP contribution in [0.3, 0.4) is 0 Å². The van der Waals surface area contributed by atoms with Gasteiger partial charge in [0.25, 0.3) is 12.0 Å². The van der Waals surface area contributed by atoms with Gasteiger partial charge in [-0.2, -0.15) is 15.0 Å². The Balaban J connectivity index is 2.22. The number of amidine groups is 1. The molecule has 0 aromatic carbocycles. The highest BCUT2D eigenvalue weighted by Gasteiger charge is 2.29. The summed E-state index contributed by atoms with van der Waals surface area (Å²) < 4.78 is 10.1. The van der Waals surface area contributed by atoms with E-state index in [1.165, 1.54) is 26.6 Å². The quantitative estimate of drug-likeness (QED) is 0.799. The highest BCUT2D eigenvalue weighted by molar-refractivity contribution is 5.95. The van der Waals surface area contributed by atoms with Gasteiger partial charge >= 0.3 is 12.0 Å². The number of nitrogens with zero attached hydrogens (tertiary/aromatic N) is 5. The minimum absolute atomic E-state index is 0.0953. The van der Waals surface area contributed by atoms with E-state index in [0.717, 1.165) is 5.06 Å². The van der Waals surface area contributed by atoms with Gasteiger partial charge in [0.15, 0.2) is 5.75 Å². The van der Waals surface area contributed by atoms with Crippen LogP contribution >= 0.6 is 0 Å². The van der Waals surface area contributed by atoms with E-state index in [-0.39, 0.29) is 11.9 Å². The van der Waals surface area contributed by atoms with Gasteiger partial charge < -0.3 is 24.3 Å². The molecule has 1 aliphatic rings. The maximum Gasteiger partial charge on any atom is 0.352 e. The third kappa shape index (κ3) is 3.59. The van der Waals surface area contributed by atoms with Crippen LogP contribution < -0.4 is 14.3 Å². The summed E-state index contributed by atoms with van der Waals surface area (Å²) in [6.07, 6.45) is 3.16. The van der Waals surface area contributed by atoms with Crippen LogP contribution in [0.15, 0.2) is 23.5 Å². The van der Waals surface area contributed by atoms with Crippen molar-refractivity contribution in [3.8, 4) is 17.6 Å². The van der Waals surface area contributed by atoms with Crippen LogP contribution in [0.2, 0.25) is 0 Å². The van der Waals surface area contributed by atoms with Gasteiger partial charge in [0.05, 0.1) is 20.4 Å². The number of hydrogen-bond donors (Lipinski definition) is 1. The smallest absolute Gasteiger partial charge is 0.352 e. The summed E-state index contributed by atoms with van der Waals surface area (Å²) in [6.45, 7) is 0. The fourth-order valence-electron chi connectivity index (χ4n) is 1.72. The van der Waals surface area contributed by atoms with Crippen LogP contribution in [-0.4, -0.2) is 71.3 Å². The van der Waals surface area contributed by atoms with Crippen LogP contribution in [0.5, 0.6) is 17.6 Å². The number of aliphatic imine (C=N–C) groups is 1. The normalized spacial score (nSPS) is 16.6. The van der Waals surface area contributed by atoms with Crippen LogP contribution in [-0.2, 0) is 4.79 Å². The molecule has 0 saturated heterocycles. The highest BCUT2D eigenvalue weighted by Crippen LogP contribution is 2.25. The molecule has 1 aliphatic heterocycles. The number of carboxylic acid groups (broad SMARTS) is 1. The Hall–Kier alpha value is -3.04. The summed E-state index contributed by atoms with van der Waals surface area (Å²) in [5.74, 6) is -0.167. The van der Waals surface area contributed by atoms with Crippen LogP contribution in [0.1, 0.15) is 0 Å². The summed E-state index contributed by atoms with van der Waals surface area (Å²) in [7, 11) is 6.39. The van der Waals surface area contributed by atoms with Crippen LogP contribution in [0, 0.1) is 0 Å². The zero-order valence-corrected chi connectivity index (χ0v) is 13.1. The molecule has 23 heavy (non-hydrogen) atoms. The number of ether oxygens (including phenoxy) is 2. The summed E-state index contributed by atoms with van der Waals surface area (Å²) >= 11 is 0. The Morgan fingerprint density at radius 2 is 2.09 bits per heavy atom. The number of methoxy groups -OCH3 is 2. The van der Waals surface area contributed by atoms with Crippen LogP contribution in [0.25, 0.3) is 0 Å². The fraction of sp³-hybridized carbons (Fsp3) is 0.385. The molecule has 2 rings (SSSR count). The lowest BCUT2D eigenvalue weighted by Gasteiger charge is -2.27. The van der Waals surface area contributed by atoms with E-state index in [4.69, 9.17) is 14.3 Å². The van der Waals surface area contributed by atoms with Crippen molar-refractivity contribution in [1.82, 2.24) is 19.9 Å². The first kappa shape index (κ1) is 16.3. The Bertz CT molecular complexity index is 646. The fourth-order valence-corrected chi connectivity index (χ4v) is 1.72. The minimum Gasteiger partial charge on any atom is -0.490 e. The lowest BCUT2D eigenvalue weighted by atomic mass is 10.4. The minimum atomic E-state index is -1.26. The van der Waals surface area contributed by atoms with Gasteiger partial charge in [-0.05, 0) is 6.08 Å². The number of aromatic nitrogens is 2. The van der Waals surface area contributed by atoms with E-state index in [9.17, 15) is 9.90 Å². The zero-order valence-electron chi connectivity index (χ0n) is 13.1. The maximum absolute atomic E-state index is 11.4. The molecule has 0 radical (unpaired) electrons. The Morgan fingerprint density at radius 1 is 1.35 bits per heavy atom. The zero-order chi connectivity index (χ0) is 17.0. The molecule has 2 heterocycles. The monoisotopic (exact) mass is 323 g/mol. The van der Waals surface area contributed by atoms with Crippen molar-refractivity contribution in [3.63, 3.8) is 0 Å². The number of likely N-dealkylation sites (N-methyl/N-ethyl adjacent to an activating group) is 1. The van der Waals surface area contributed by atoms with E-state index < -0.39 is 12.1 Å². The molecule has 1 aromatic heterocycles. The third-order valence-electron chi connectivity index (χ3n) is 2.85. The van der Waals surface area contributed by atoms with Gasteiger partial charge in [-0.15, -0.1) is 0 Å². The molecule has 0 amide bonds. The summed E-state index contributed by atoms with van der Waals surface area (Å²) in [5.41, 5.74) is 0. The molecule has 1 aromatic rings. The predicted octanol–water partition coefficient (Wildman–Crippen LogP) is -0.0123. The van der Waals surface area contributed by atoms with Gasteiger partial charge in [-0.25, -0.2) is 9.79 Å². The first-order chi connectivity index (χ1) is 11.0. The van der Waals surface area contributed by atoms with E-state index in [2.05, 4.69) is 15.0 Å². The summed E-state index contributed by atoms with van der Waals surface area (Å²) in [5, 5.41) is 10.3. The van der Waals surface area contributed by atoms with Crippen molar-refractivity contribution in [2.24, 2.45) is 4.99 Å². The molecule has 1 atom stereocenters. The van der Waals surface area contributed by atoms with Gasteiger partial charge in [0, 0.05) is 20.3 Å². The Labute approximate surface area is 132 Å². The Morgan fingerprint density at radius 3 is 2.65 bits per heavy atom. The molecular weight excluding hydrogens is 306 g/mol. The van der Waals surface area contributed by atoms with E-state index >= 15 is 0 Å². The van der Waals surface area contributed by atoms with Crippen molar-refractivity contribution in [1.29, 1.82) is 0 Å². The molecule has 10 nitrogen and oxygen atoms in total.